The zero-order valence-electron chi connectivity index (χ0n) is 18.5. The lowest BCUT2D eigenvalue weighted by atomic mass is 9.71. The molecule has 0 spiro atoms. The van der Waals surface area contributed by atoms with E-state index in [-0.39, 0.29) is 12.2 Å². The molecule has 2 aliphatic rings. The summed E-state index contributed by atoms with van der Waals surface area (Å²) in [6.45, 7) is 4.61. The molecule has 1 fully saturated rings. The first kappa shape index (κ1) is 22.0. The number of ether oxygens (including phenoxy) is 3. The SMILES string of the molecule is CCOc1cc(OCC)c2c(c1)O[C@]1(c3ccc(Br)cc3)[C@H](c3ccccc3)CC(=O)[C@]21O. The second-order valence-electron chi connectivity index (χ2n) is 8.31. The van der Waals surface area contributed by atoms with Crippen molar-refractivity contribution in [1.82, 2.24) is 0 Å². The van der Waals surface area contributed by atoms with Crippen LogP contribution >= 0.6 is 15.9 Å². The molecule has 1 N–H and O–H groups in total. The molecule has 0 saturated heterocycles. The molecule has 1 aliphatic heterocycles. The van der Waals surface area contributed by atoms with Gasteiger partial charge in [0.25, 0.3) is 0 Å². The summed E-state index contributed by atoms with van der Waals surface area (Å²) in [5.41, 5.74) is -1.22. The third kappa shape index (κ3) is 3.11. The van der Waals surface area contributed by atoms with E-state index in [0.29, 0.717) is 36.0 Å². The van der Waals surface area contributed by atoms with Crippen LogP contribution in [0.1, 0.15) is 42.9 Å². The van der Waals surface area contributed by atoms with Crippen LogP contribution in [-0.4, -0.2) is 24.1 Å². The molecule has 0 radical (unpaired) electrons. The molecule has 0 bridgehead atoms. The molecule has 0 unspecified atom stereocenters. The molecule has 6 heteroatoms. The number of ketones is 1. The first-order chi connectivity index (χ1) is 16.0. The van der Waals surface area contributed by atoms with Crippen molar-refractivity contribution in [3.8, 4) is 17.2 Å². The number of aliphatic hydroxyl groups is 1. The molecular weight excluding hydrogens is 484 g/mol. The molecule has 1 heterocycles. The van der Waals surface area contributed by atoms with Gasteiger partial charge in [-0.1, -0.05) is 58.4 Å². The Bertz CT molecular complexity index is 1190. The fourth-order valence-electron chi connectivity index (χ4n) is 5.31. The Labute approximate surface area is 201 Å². The summed E-state index contributed by atoms with van der Waals surface area (Å²) in [6.07, 6.45) is 0.148. The van der Waals surface area contributed by atoms with Gasteiger partial charge in [-0.15, -0.1) is 0 Å². The molecule has 1 aliphatic carbocycles. The average molecular weight is 509 g/mol. The van der Waals surface area contributed by atoms with E-state index in [4.69, 9.17) is 14.2 Å². The minimum atomic E-state index is -1.91. The van der Waals surface area contributed by atoms with E-state index in [0.717, 1.165) is 15.6 Å². The maximum atomic E-state index is 13.7. The Hall–Kier alpha value is -2.83. The summed E-state index contributed by atoms with van der Waals surface area (Å²) >= 11 is 3.49. The van der Waals surface area contributed by atoms with Crippen molar-refractivity contribution in [1.29, 1.82) is 0 Å². The second kappa shape index (κ2) is 8.19. The summed E-state index contributed by atoms with van der Waals surface area (Å²) in [6, 6.07) is 20.8. The van der Waals surface area contributed by atoms with E-state index in [9.17, 15) is 9.90 Å². The number of carbonyl (C=O) groups excluding carboxylic acids is 1. The molecule has 3 aromatic rings. The van der Waals surface area contributed by atoms with Gasteiger partial charge in [-0.25, -0.2) is 0 Å². The van der Waals surface area contributed by atoms with Gasteiger partial charge in [-0.3, -0.25) is 4.79 Å². The highest BCUT2D eigenvalue weighted by molar-refractivity contribution is 9.10. The van der Waals surface area contributed by atoms with Crippen LogP contribution in [0.15, 0.2) is 71.2 Å². The molecule has 5 rings (SSSR count). The maximum absolute atomic E-state index is 13.7. The van der Waals surface area contributed by atoms with Crippen LogP contribution in [-0.2, 0) is 16.0 Å². The highest BCUT2D eigenvalue weighted by atomic mass is 79.9. The third-order valence-corrected chi connectivity index (χ3v) is 7.11. The molecule has 3 atom stereocenters. The van der Waals surface area contributed by atoms with Crippen LogP contribution in [0.5, 0.6) is 17.2 Å². The van der Waals surface area contributed by atoms with Gasteiger partial charge in [0.2, 0.25) is 0 Å². The Morgan fingerprint density at radius 1 is 1.03 bits per heavy atom. The van der Waals surface area contributed by atoms with E-state index >= 15 is 0 Å². The van der Waals surface area contributed by atoms with Crippen LogP contribution in [0, 0.1) is 0 Å². The van der Waals surface area contributed by atoms with E-state index in [1.165, 1.54) is 0 Å². The molecule has 5 nitrogen and oxygen atoms in total. The van der Waals surface area contributed by atoms with Crippen LogP contribution in [0.25, 0.3) is 0 Å². The first-order valence-corrected chi connectivity index (χ1v) is 11.9. The average Bonchev–Trinajstić information content (AvgIpc) is 3.21. The fourth-order valence-corrected chi connectivity index (χ4v) is 5.57. The minimum absolute atomic E-state index is 0.148. The van der Waals surface area contributed by atoms with Crippen molar-refractivity contribution in [2.24, 2.45) is 0 Å². The van der Waals surface area contributed by atoms with Gasteiger partial charge in [-0.05, 0) is 37.1 Å². The summed E-state index contributed by atoms with van der Waals surface area (Å²) in [4.78, 5) is 13.7. The number of benzene rings is 3. The number of halogens is 1. The molecule has 1 saturated carbocycles. The second-order valence-corrected chi connectivity index (χ2v) is 9.22. The van der Waals surface area contributed by atoms with Gasteiger partial charge in [0.15, 0.2) is 17.0 Å². The minimum Gasteiger partial charge on any atom is -0.494 e. The molecule has 0 aromatic heterocycles. The Morgan fingerprint density at radius 3 is 2.39 bits per heavy atom. The zero-order chi connectivity index (χ0) is 23.2. The topological polar surface area (TPSA) is 65.0 Å². The number of rotatable bonds is 6. The normalized spacial score (nSPS) is 25.3. The van der Waals surface area contributed by atoms with Crippen molar-refractivity contribution < 1.29 is 24.1 Å². The van der Waals surface area contributed by atoms with Crippen molar-refractivity contribution in [3.05, 3.63) is 87.9 Å². The lowest BCUT2D eigenvalue weighted by molar-refractivity contribution is -0.151. The molecule has 0 amide bonds. The maximum Gasteiger partial charge on any atom is 0.200 e. The molecular formula is C27H25BrO5. The Balaban J connectivity index is 1.80. The van der Waals surface area contributed by atoms with Crippen LogP contribution in [0.2, 0.25) is 0 Å². The van der Waals surface area contributed by atoms with Crippen LogP contribution in [0.3, 0.4) is 0 Å². The predicted molar refractivity (Wildman–Crippen MR) is 128 cm³/mol. The van der Waals surface area contributed by atoms with Gasteiger partial charge < -0.3 is 19.3 Å². The van der Waals surface area contributed by atoms with Gasteiger partial charge >= 0.3 is 0 Å². The summed E-state index contributed by atoms with van der Waals surface area (Å²) in [5, 5.41) is 12.4. The lowest BCUT2D eigenvalue weighted by Crippen LogP contribution is -2.50. The molecule has 170 valence electrons. The van der Waals surface area contributed by atoms with Crippen LogP contribution in [0.4, 0.5) is 0 Å². The number of hydrogen-bond acceptors (Lipinski definition) is 5. The fraction of sp³-hybridized carbons (Fsp3) is 0.296. The molecule has 33 heavy (non-hydrogen) atoms. The van der Waals surface area contributed by atoms with Crippen molar-refractivity contribution in [3.63, 3.8) is 0 Å². The van der Waals surface area contributed by atoms with Gasteiger partial charge in [0.1, 0.15) is 17.2 Å². The standard InChI is InChI=1S/C27H25BrO5/c1-3-31-20-14-22(32-4-2)25-23(15-20)33-27(18-10-12-19(28)13-11-18)21(16-24(29)26(25,27)30)17-8-6-5-7-9-17/h5-15,21,30H,3-4,16H2,1-2H3/t21-,26-,27+/m0/s1. The number of hydrogen-bond donors (Lipinski definition) is 1. The van der Waals surface area contributed by atoms with Crippen molar-refractivity contribution in [2.45, 2.75) is 37.4 Å². The Morgan fingerprint density at radius 2 is 1.73 bits per heavy atom. The lowest BCUT2D eigenvalue weighted by Gasteiger charge is -2.39. The van der Waals surface area contributed by atoms with Gasteiger partial charge in [0.05, 0.1) is 18.8 Å². The van der Waals surface area contributed by atoms with Gasteiger partial charge in [0, 0.05) is 28.9 Å². The smallest absolute Gasteiger partial charge is 0.200 e. The largest absolute Gasteiger partial charge is 0.494 e. The summed E-state index contributed by atoms with van der Waals surface area (Å²) in [5.74, 6) is 0.696. The quantitative estimate of drug-likeness (QED) is 0.477. The van der Waals surface area contributed by atoms with E-state index < -0.39 is 17.1 Å². The van der Waals surface area contributed by atoms with Gasteiger partial charge in [-0.2, -0.15) is 0 Å². The number of fused-ring (bicyclic) bond motifs is 3. The number of carbonyl (C=O) groups is 1. The van der Waals surface area contributed by atoms with E-state index in [2.05, 4.69) is 15.9 Å². The highest BCUT2D eigenvalue weighted by Gasteiger charge is 2.74. The Kier molecular flexibility index (Phi) is 5.46. The summed E-state index contributed by atoms with van der Waals surface area (Å²) in [7, 11) is 0. The van der Waals surface area contributed by atoms with Crippen molar-refractivity contribution in [2.75, 3.05) is 13.2 Å². The first-order valence-electron chi connectivity index (χ1n) is 11.2. The van der Waals surface area contributed by atoms with E-state index in [1.807, 2.05) is 68.4 Å². The van der Waals surface area contributed by atoms with E-state index in [1.54, 1.807) is 12.1 Å². The predicted octanol–water partition coefficient (Wildman–Crippen LogP) is 5.48. The third-order valence-electron chi connectivity index (χ3n) is 6.58. The monoisotopic (exact) mass is 508 g/mol. The van der Waals surface area contributed by atoms with Crippen LogP contribution < -0.4 is 14.2 Å². The molecule has 3 aromatic carbocycles. The highest BCUT2D eigenvalue weighted by Crippen LogP contribution is 2.67. The van der Waals surface area contributed by atoms with Crippen molar-refractivity contribution >= 4 is 21.7 Å². The summed E-state index contributed by atoms with van der Waals surface area (Å²) < 4.78 is 19.3. The number of Topliss-reactive ketones (excluding diaryl/α,β-unsaturated/α-hetero) is 1. The zero-order valence-corrected chi connectivity index (χ0v) is 20.1.